The number of H-pyrrole nitrogens is 1. The molecule has 3 nitrogen and oxygen atoms in total. The normalized spacial score (nSPS) is 10.4. The molecule has 0 amide bonds. The molecule has 0 fully saturated rings. The molecule has 0 radical (unpaired) electrons. The van der Waals surface area contributed by atoms with Gasteiger partial charge in [-0.05, 0) is 29.8 Å². The van der Waals surface area contributed by atoms with E-state index in [1.807, 2.05) is 48.5 Å². The lowest BCUT2D eigenvalue weighted by Gasteiger charge is -2.01. The number of rotatable bonds is 3. The van der Waals surface area contributed by atoms with E-state index in [9.17, 15) is 0 Å². The van der Waals surface area contributed by atoms with E-state index in [2.05, 4.69) is 43.6 Å². The molecular weight excluding hydrogens is 302 g/mol. The fraction of sp³-hybridized carbons (Fsp3) is 0. The standard InChI is InChI=1S/C15H12BrN3/c16-12-6-8-13(9-7-12)17-15-10-14(18-19-15)11-4-2-1-3-5-11/h1-10H,(H2,17,18,19). The van der Waals surface area contributed by atoms with Crippen molar-refractivity contribution < 1.29 is 0 Å². The first-order valence-corrected chi connectivity index (χ1v) is 6.74. The first-order valence-electron chi connectivity index (χ1n) is 5.95. The molecule has 0 saturated carbocycles. The van der Waals surface area contributed by atoms with Crippen LogP contribution in [0.25, 0.3) is 11.3 Å². The quantitative estimate of drug-likeness (QED) is 0.743. The van der Waals surface area contributed by atoms with Gasteiger partial charge in [0.15, 0.2) is 5.82 Å². The highest BCUT2D eigenvalue weighted by molar-refractivity contribution is 9.10. The van der Waals surface area contributed by atoms with Gasteiger partial charge in [0.25, 0.3) is 0 Å². The van der Waals surface area contributed by atoms with Crippen molar-refractivity contribution in [1.82, 2.24) is 10.2 Å². The zero-order valence-corrected chi connectivity index (χ0v) is 11.7. The Morgan fingerprint density at radius 2 is 1.68 bits per heavy atom. The van der Waals surface area contributed by atoms with Gasteiger partial charge >= 0.3 is 0 Å². The van der Waals surface area contributed by atoms with Crippen LogP contribution < -0.4 is 5.32 Å². The zero-order valence-electron chi connectivity index (χ0n) is 10.1. The van der Waals surface area contributed by atoms with Crippen LogP contribution in [0.15, 0.2) is 65.1 Å². The van der Waals surface area contributed by atoms with Gasteiger partial charge < -0.3 is 5.32 Å². The Morgan fingerprint density at radius 1 is 0.947 bits per heavy atom. The molecule has 3 aromatic rings. The van der Waals surface area contributed by atoms with E-state index < -0.39 is 0 Å². The third-order valence-electron chi connectivity index (χ3n) is 2.78. The second kappa shape index (κ2) is 5.28. The molecule has 94 valence electrons. The minimum atomic E-state index is 0.807. The maximum absolute atomic E-state index is 4.26. The van der Waals surface area contributed by atoms with Crippen molar-refractivity contribution in [2.45, 2.75) is 0 Å². The van der Waals surface area contributed by atoms with Crippen LogP contribution in [0, 0.1) is 0 Å². The molecule has 3 rings (SSSR count). The summed E-state index contributed by atoms with van der Waals surface area (Å²) in [5, 5.41) is 10.6. The summed E-state index contributed by atoms with van der Waals surface area (Å²) in [6.45, 7) is 0. The monoisotopic (exact) mass is 313 g/mol. The van der Waals surface area contributed by atoms with Crippen molar-refractivity contribution in [3.05, 3.63) is 65.1 Å². The largest absolute Gasteiger partial charge is 0.339 e. The minimum absolute atomic E-state index is 0.807. The SMILES string of the molecule is Brc1ccc(Nc2cc(-c3ccccc3)[nH]n2)cc1. The summed E-state index contributed by atoms with van der Waals surface area (Å²) in [4.78, 5) is 0. The van der Waals surface area contributed by atoms with E-state index in [-0.39, 0.29) is 0 Å². The average Bonchev–Trinajstić information content (AvgIpc) is 2.91. The molecule has 0 atom stereocenters. The van der Waals surface area contributed by atoms with Gasteiger partial charge in [-0.25, -0.2) is 0 Å². The lowest BCUT2D eigenvalue weighted by molar-refractivity contribution is 1.10. The average molecular weight is 314 g/mol. The summed E-state index contributed by atoms with van der Waals surface area (Å²) in [6.07, 6.45) is 0. The summed E-state index contributed by atoms with van der Waals surface area (Å²) in [6, 6.07) is 20.1. The van der Waals surface area contributed by atoms with Gasteiger partial charge in [0.2, 0.25) is 0 Å². The van der Waals surface area contributed by atoms with Crippen molar-refractivity contribution in [3.8, 4) is 11.3 Å². The minimum Gasteiger partial charge on any atom is -0.339 e. The van der Waals surface area contributed by atoms with Gasteiger partial charge in [-0.15, -0.1) is 0 Å². The molecule has 0 bridgehead atoms. The third-order valence-corrected chi connectivity index (χ3v) is 3.31. The maximum atomic E-state index is 4.26. The Kier molecular flexibility index (Phi) is 3.33. The van der Waals surface area contributed by atoms with Crippen LogP contribution >= 0.6 is 15.9 Å². The van der Waals surface area contributed by atoms with Crippen LogP contribution in [0.2, 0.25) is 0 Å². The molecule has 0 unspecified atom stereocenters. The molecule has 4 heteroatoms. The Morgan fingerprint density at radius 3 is 2.42 bits per heavy atom. The maximum Gasteiger partial charge on any atom is 0.152 e. The van der Waals surface area contributed by atoms with E-state index >= 15 is 0 Å². The first kappa shape index (κ1) is 12.0. The molecule has 0 saturated heterocycles. The Labute approximate surface area is 119 Å². The predicted molar refractivity (Wildman–Crippen MR) is 81.4 cm³/mol. The van der Waals surface area contributed by atoms with Crippen LogP contribution in [0.5, 0.6) is 0 Å². The van der Waals surface area contributed by atoms with Crippen molar-refractivity contribution in [2.24, 2.45) is 0 Å². The van der Waals surface area contributed by atoms with Crippen LogP contribution in [-0.2, 0) is 0 Å². The molecule has 2 aromatic carbocycles. The van der Waals surface area contributed by atoms with Crippen molar-refractivity contribution >= 4 is 27.4 Å². The van der Waals surface area contributed by atoms with Crippen molar-refractivity contribution in [2.75, 3.05) is 5.32 Å². The highest BCUT2D eigenvalue weighted by Crippen LogP contribution is 2.22. The van der Waals surface area contributed by atoms with E-state index in [1.54, 1.807) is 0 Å². The van der Waals surface area contributed by atoms with Gasteiger partial charge in [0.1, 0.15) is 0 Å². The lowest BCUT2D eigenvalue weighted by Crippen LogP contribution is -1.89. The van der Waals surface area contributed by atoms with Gasteiger partial charge in [-0.1, -0.05) is 46.3 Å². The van der Waals surface area contributed by atoms with E-state index in [1.165, 1.54) is 0 Å². The molecule has 2 N–H and O–H groups in total. The highest BCUT2D eigenvalue weighted by atomic mass is 79.9. The van der Waals surface area contributed by atoms with Crippen LogP contribution in [-0.4, -0.2) is 10.2 Å². The predicted octanol–water partition coefficient (Wildman–Crippen LogP) is 4.58. The number of nitrogens with zero attached hydrogens (tertiary/aromatic N) is 1. The number of aromatic nitrogens is 2. The molecule has 0 aliphatic rings. The lowest BCUT2D eigenvalue weighted by atomic mass is 10.1. The van der Waals surface area contributed by atoms with Gasteiger partial charge in [0.05, 0.1) is 5.69 Å². The van der Waals surface area contributed by atoms with E-state index in [0.29, 0.717) is 0 Å². The molecule has 1 heterocycles. The van der Waals surface area contributed by atoms with Crippen LogP contribution in [0.3, 0.4) is 0 Å². The summed E-state index contributed by atoms with van der Waals surface area (Å²) >= 11 is 3.42. The molecular formula is C15H12BrN3. The summed E-state index contributed by atoms with van der Waals surface area (Å²) in [5.41, 5.74) is 3.13. The number of anilines is 2. The van der Waals surface area contributed by atoms with E-state index in [4.69, 9.17) is 0 Å². The number of hydrogen-bond acceptors (Lipinski definition) is 2. The van der Waals surface area contributed by atoms with Gasteiger partial charge in [-0.2, -0.15) is 5.10 Å². The topological polar surface area (TPSA) is 40.7 Å². The number of aromatic amines is 1. The molecule has 0 aliphatic heterocycles. The van der Waals surface area contributed by atoms with E-state index in [0.717, 1.165) is 27.2 Å². The first-order chi connectivity index (χ1) is 9.31. The number of nitrogens with one attached hydrogen (secondary N) is 2. The fourth-order valence-corrected chi connectivity index (χ4v) is 2.10. The Balaban J connectivity index is 1.80. The molecule has 0 spiro atoms. The van der Waals surface area contributed by atoms with Gasteiger partial charge in [0, 0.05) is 16.2 Å². The zero-order chi connectivity index (χ0) is 13.1. The summed E-state index contributed by atoms with van der Waals surface area (Å²) < 4.78 is 1.06. The Bertz CT molecular complexity index is 659. The fourth-order valence-electron chi connectivity index (χ4n) is 1.83. The summed E-state index contributed by atoms with van der Waals surface area (Å²) in [5.74, 6) is 0.807. The summed E-state index contributed by atoms with van der Waals surface area (Å²) in [7, 11) is 0. The highest BCUT2D eigenvalue weighted by Gasteiger charge is 2.03. The molecule has 19 heavy (non-hydrogen) atoms. The van der Waals surface area contributed by atoms with Gasteiger partial charge in [-0.3, -0.25) is 5.10 Å². The van der Waals surface area contributed by atoms with Crippen molar-refractivity contribution in [1.29, 1.82) is 0 Å². The molecule has 0 aliphatic carbocycles. The smallest absolute Gasteiger partial charge is 0.152 e. The second-order valence-corrected chi connectivity index (χ2v) is 5.08. The number of benzene rings is 2. The van der Waals surface area contributed by atoms with Crippen LogP contribution in [0.1, 0.15) is 0 Å². The van der Waals surface area contributed by atoms with Crippen molar-refractivity contribution in [3.63, 3.8) is 0 Å². The van der Waals surface area contributed by atoms with Crippen LogP contribution in [0.4, 0.5) is 11.5 Å². The Hall–Kier alpha value is -2.07. The molecule has 1 aromatic heterocycles. The second-order valence-electron chi connectivity index (χ2n) is 4.16. The third kappa shape index (κ3) is 2.85. The number of hydrogen-bond donors (Lipinski definition) is 2. The number of halogens is 1.